The second-order valence-corrected chi connectivity index (χ2v) is 8.53. The van der Waals surface area contributed by atoms with Crippen molar-refractivity contribution in [2.45, 2.75) is 6.92 Å². The van der Waals surface area contributed by atoms with E-state index < -0.39 is 5.91 Å². The maximum Gasteiger partial charge on any atom is 0.293 e. The van der Waals surface area contributed by atoms with Crippen LogP contribution < -0.4 is 20.5 Å². The Morgan fingerprint density at radius 2 is 1.80 bits per heavy atom. The molecule has 3 N–H and O–H groups in total. The Labute approximate surface area is 206 Å². The number of aryl methyl sites for hydroxylation is 1. The standard InChI is InChI=1S/C25H25N3O6S/c1-16-3-5-18(6-4-16)14-21-24(31)28(25(32)35-21)12-11-27-23(30)10-8-17-7-9-19(20(13-17)33-2)34-15-22(26)29/h3-10,13-14H,11-12,15H2,1-2H3,(H2,26,29)(H,27,30)/b10-8+,21-14+. The zero-order valence-electron chi connectivity index (χ0n) is 19.3. The maximum atomic E-state index is 12.6. The van der Waals surface area contributed by atoms with Gasteiger partial charge in [0.2, 0.25) is 5.91 Å². The van der Waals surface area contributed by atoms with Crippen molar-refractivity contribution in [3.63, 3.8) is 0 Å². The van der Waals surface area contributed by atoms with E-state index in [1.165, 1.54) is 13.2 Å². The monoisotopic (exact) mass is 495 g/mol. The van der Waals surface area contributed by atoms with E-state index in [-0.39, 0.29) is 36.7 Å². The first kappa shape index (κ1) is 25.6. The highest BCUT2D eigenvalue weighted by Crippen LogP contribution is 2.32. The van der Waals surface area contributed by atoms with Crippen LogP contribution in [-0.4, -0.2) is 54.7 Å². The largest absolute Gasteiger partial charge is 0.493 e. The molecule has 3 rings (SSSR count). The number of primary amides is 1. The number of rotatable bonds is 10. The van der Waals surface area contributed by atoms with Crippen molar-refractivity contribution in [1.82, 2.24) is 10.2 Å². The van der Waals surface area contributed by atoms with Gasteiger partial charge in [0, 0.05) is 19.2 Å². The number of carbonyl (C=O) groups is 4. The minimum atomic E-state index is -0.609. The van der Waals surface area contributed by atoms with Crippen molar-refractivity contribution in [2.24, 2.45) is 5.73 Å². The maximum absolute atomic E-state index is 12.6. The van der Waals surface area contributed by atoms with E-state index in [1.807, 2.05) is 31.2 Å². The molecule has 1 fully saturated rings. The van der Waals surface area contributed by atoms with Gasteiger partial charge in [-0.2, -0.15) is 0 Å². The number of nitrogens with zero attached hydrogens (tertiary/aromatic N) is 1. The first-order valence-corrected chi connectivity index (χ1v) is 11.5. The summed E-state index contributed by atoms with van der Waals surface area (Å²) in [7, 11) is 1.45. The summed E-state index contributed by atoms with van der Waals surface area (Å²) < 4.78 is 10.5. The van der Waals surface area contributed by atoms with Crippen LogP contribution in [0.4, 0.5) is 4.79 Å². The molecule has 2 aromatic rings. The van der Waals surface area contributed by atoms with E-state index in [4.69, 9.17) is 15.2 Å². The first-order valence-electron chi connectivity index (χ1n) is 10.6. The smallest absolute Gasteiger partial charge is 0.293 e. The number of hydrogen-bond donors (Lipinski definition) is 2. The summed E-state index contributed by atoms with van der Waals surface area (Å²) >= 11 is 0.881. The van der Waals surface area contributed by atoms with Crippen molar-refractivity contribution >= 4 is 46.9 Å². The zero-order chi connectivity index (χ0) is 25.4. The van der Waals surface area contributed by atoms with Gasteiger partial charge in [-0.25, -0.2) is 0 Å². The number of nitrogens with one attached hydrogen (secondary N) is 1. The van der Waals surface area contributed by atoms with Gasteiger partial charge >= 0.3 is 0 Å². The summed E-state index contributed by atoms with van der Waals surface area (Å²) in [5.41, 5.74) is 7.68. The van der Waals surface area contributed by atoms with Crippen LogP contribution in [0.25, 0.3) is 12.2 Å². The van der Waals surface area contributed by atoms with Gasteiger partial charge in [0.15, 0.2) is 18.1 Å². The van der Waals surface area contributed by atoms with Crippen molar-refractivity contribution in [3.8, 4) is 11.5 Å². The third-order valence-corrected chi connectivity index (χ3v) is 5.78. The molecular formula is C25H25N3O6S. The number of amides is 4. The Morgan fingerprint density at radius 3 is 2.49 bits per heavy atom. The Bertz CT molecular complexity index is 1190. The minimum Gasteiger partial charge on any atom is -0.493 e. The van der Waals surface area contributed by atoms with Gasteiger partial charge in [0.05, 0.1) is 12.0 Å². The predicted molar refractivity (Wildman–Crippen MR) is 134 cm³/mol. The van der Waals surface area contributed by atoms with Crippen LogP contribution in [0, 0.1) is 6.92 Å². The molecule has 0 radical (unpaired) electrons. The molecule has 1 heterocycles. The quantitative estimate of drug-likeness (QED) is 0.485. The molecule has 0 aliphatic carbocycles. The van der Waals surface area contributed by atoms with E-state index in [1.54, 1.807) is 30.4 Å². The molecule has 9 nitrogen and oxygen atoms in total. The lowest BCUT2D eigenvalue weighted by Crippen LogP contribution is -2.36. The van der Waals surface area contributed by atoms with E-state index in [0.717, 1.165) is 27.8 Å². The number of benzene rings is 2. The highest BCUT2D eigenvalue weighted by Gasteiger charge is 2.34. The van der Waals surface area contributed by atoms with Gasteiger partial charge in [-0.15, -0.1) is 0 Å². The summed E-state index contributed by atoms with van der Waals surface area (Å²) in [6.07, 6.45) is 4.58. The van der Waals surface area contributed by atoms with E-state index in [0.29, 0.717) is 22.0 Å². The van der Waals surface area contributed by atoms with Crippen molar-refractivity contribution in [3.05, 3.63) is 70.1 Å². The molecule has 10 heteroatoms. The molecule has 0 bridgehead atoms. The summed E-state index contributed by atoms with van der Waals surface area (Å²) in [6.45, 7) is 1.87. The Kier molecular flexibility index (Phi) is 8.69. The second kappa shape index (κ2) is 11.9. The second-order valence-electron chi connectivity index (χ2n) is 7.53. The van der Waals surface area contributed by atoms with Crippen LogP contribution >= 0.6 is 11.8 Å². The molecule has 1 saturated heterocycles. The molecule has 0 spiro atoms. The van der Waals surface area contributed by atoms with Gasteiger partial charge in [0.25, 0.3) is 17.1 Å². The first-order chi connectivity index (χ1) is 16.8. The van der Waals surface area contributed by atoms with Crippen LogP contribution in [0.1, 0.15) is 16.7 Å². The summed E-state index contributed by atoms with van der Waals surface area (Å²) in [4.78, 5) is 49.4. The number of imide groups is 1. The van der Waals surface area contributed by atoms with Gasteiger partial charge in [-0.3, -0.25) is 24.1 Å². The molecule has 0 aromatic heterocycles. The predicted octanol–water partition coefficient (Wildman–Crippen LogP) is 2.73. The number of thioether (sulfide) groups is 1. The van der Waals surface area contributed by atoms with Crippen LogP contribution in [0.15, 0.2) is 53.4 Å². The highest BCUT2D eigenvalue weighted by molar-refractivity contribution is 8.18. The third-order valence-electron chi connectivity index (χ3n) is 4.87. The number of ether oxygens (including phenoxy) is 2. The number of carbonyl (C=O) groups excluding carboxylic acids is 4. The molecule has 1 aliphatic rings. The average Bonchev–Trinajstić information content (AvgIpc) is 3.10. The van der Waals surface area contributed by atoms with E-state index >= 15 is 0 Å². The molecule has 0 saturated carbocycles. The Balaban J connectivity index is 1.52. The van der Waals surface area contributed by atoms with Crippen molar-refractivity contribution < 1.29 is 28.7 Å². The fourth-order valence-corrected chi connectivity index (χ4v) is 3.95. The number of hydrogen-bond acceptors (Lipinski definition) is 7. The van der Waals surface area contributed by atoms with Gasteiger partial charge in [-0.05, 0) is 54.1 Å². The summed E-state index contributed by atoms with van der Waals surface area (Å²) in [6, 6.07) is 12.6. The fraction of sp³-hybridized carbons (Fsp3) is 0.200. The fourth-order valence-electron chi connectivity index (χ4n) is 3.08. The number of methoxy groups -OCH3 is 1. The Morgan fingerprint density at radius 1 is 1.09 bits per heavy atom. The number of nitrogens with two attached hydrogens (primary N) is 1. The third kappa shape index (κ3) is 7.21. The molecule has 2 aromatic carbocycles. The van der Waals surface area contributed by atoms with Crippen molar-refractivity contribution in [2.75, 3.05) is 26.8 Å². The van der Waals surface area contributed by atoms with Crippen LogP contribution in [0.3, 0.4) is 0 Å². The van der Waals surface area contributed by atoms with Gasteiger partial charge in [0.1, 0.15) is 0 Å². The topological polar surface area (TPSA) is 128 Å². The van der Waals surface area contributed by atoms with E-state index in [9.17, 15) is 19.2 Å². The highest BCUT2D eigenvalue weighted by atomic mass is 32.2. The molecule has 4 amide bonds. The molecule has 0 unspecified atom stereocenters. The summed E-state index contributed by atoms with van der Waals surface area (Å²) in [5.74, 6) is -0.646. The molecule has 35 heavy (non-hydrogen) atoms. The SMILES string of the molecule is COc1cc(/C=C/C(=O)NCCN2C(=O)S/C(=C/c3ccc(C)cc3)C2=O)ccc1OCC(N)=O. The normalized spacial score (nSPS) is 14.6. The van der Waals surface area contributed by atoms with Crippen LogP contribution in [0.2, 0.25) is 0 Å². The van der Waals surface area contributed by atoms with Gasteiger partial charge in [-0.1, -0.05) is 35.9 Å². The lowest BCUT2D eigenvalue weighted by Gasteiger charge is -2.12. The molecule has 182 valence electrons. The molecular weight excluding hydrogens is 470 g/mol. The van der Waals surface area contributed by atoms with Crippen LogP contribution in [-0.2, 0) is 14.4 Å². The van der Waals surface area contributed by atoms with Crippen LogP contribution in [0.5, 0.6) is 11.5 Å². The van der Waals surface area contributed by atoms with E-state index in [2.05, 4.69) is 5.32 Å². The molecule has 0 atom stereocenters. The minimum absolute atomic E-state index is 0.0647. The van der Waals surface area contributed by atoms with Crippen molar-refractivity contribution in [1.29, 1.82) is 0 Å². The van der Waals surface area contributed by atoms with Gasteiger partial charge < -0.3 is 20.5 Å². The lowest BCUT2D eigenvalue weighted by molar-refractivity contribution is -0.123. The lowest BCUT2D eigenvalue weighted by atomic mass is 10.1. The summed E-state index contributed by atoms with van der Waals surface area (Å²) in [5, 5.41) is 2.29. The molecule has 1 aliphatic heterocycles. The average molecular weight is 496 g/mol. The Hall–Kier alpha value is -4.05. The zero-order valence-corrected chi connectivity index (χ0v) is 20.1.